The lowest BCUT2D eigenvalue weighted by atomic mass is 10.0. The summed E-state index contributed by atoms with van der Waals surface area (Å²) in [6, 6.07) is 14.9. The number of carbonyl (C=O) groups is 1. The van der Waals surface area contributed by atoms with Gasteiger partial charge in [-0.1, -0.05) is 13.0 Å². The van der Waals surface area contributed by atoms with Crippen molar-refractivity contribution < 1.29 is 31.1 Å². The van der Waals surface area contributed by atoms with Gasteiger partial charge < -0.3 is 14.8 Å². The number of sulfonamides is 2. The van der Waals surface area contributed by atoms with Crippen LogP contribution in [0.2, 0.25) is 0 Å². The minimum atomic E-state index is -3.96. The zero-order chi connectivity index (χ0) is 29.1. The van der Waals surface area contributed by atoms with Gasteiger partial charge in [-0.3, -0.25) is 9.52 Å². The van der Waals surface area contributed by atoms with Crippen molar-refractivity contribution in [3.63, 3.8) is 0 Å². The van der Waals surface area contributed by atoms with Crippen molar-refractivity contribution in [2.75, 3.05) is 37.3 Å². The van der Waals surface area contributed by atoms with E-state index in [1.807, 2.05) is 0 Å². The van der Waals surface area contributed by atoms with E-state index in [0.29, 0.717) is 41.8 Å². The molecule has 1 aliphatic heterocycles. The van der Waals surface area contributed by atoms with E-state index < -0.39 is 26.0 Å². The van der Waals surface area contributed by atoms with E-state index in [1.54, 1.807) is 25.1 Å². The third-order valence-electron chi connectivity index (χ3n) is 6.91. The second-order valence-corrected chi connectivity index (χ2v) is 13.3. The second-order valence-electron chi connectivity index (χ2n) is 9.71. The molecule has 40 heavy (non-hydrogen) atoms. The van der Waals surface area contributed by atoms with Crippen molar-refractivity contribution in [2.24, 2.45) is 5.92 Å². The monoisotopic (exact) mass is 587 g/mol. The number of benzene rings is 3. The lowest BCUT2D eigenvalue weighted by Crippen LogP contribution is -2.38. The van der Waals surface area contributed by atoms with Gasteiger partial charge in [-0.05, 0) is 79.8 Å². The van der Waals surface area contributed by atoms with Gasteiger partial charge in [0.2, 0.25) is 10.0 Å². The van der Waals surface area contributed by atoms with Crippen molar-refractivity contribution in [3.8, 4) is 11.5 Å². The molecule has 0 aliphatic carbocycles. The smallest absolute Gasteiger partial charge is 0.262 e. The fourth-order valence-corrected chi connectivity index (χ4v) is 6.95. The molecule has 4 rings (SSSR count). The minimum Gasteiger partial charge on any atom is -0.497 e. The summed E-state index contributed by atoms with van der Waals surface area (Å²) in [5, 5.41) is 2.73. The van der Waals surface area contributed by atoms with E-state index in [9.17, 15) is 21.6 Å². The molecule has 0 bridgehead atoms. The van der Waals surface area contributed by atoms with Crippen LogP contribution in [0.3, 0.4) is 0 Å². The Bertz CT molecular complexity index is 1600. The summed E-state index contributed by atoms with van der Waals surface area (Å²) in [6.45, 7) is 4.74. The largest absolute Gasteiger partial charge is 0.497 e. The van der Waals surface area contributed by atoms with Crippen LogP contribution in [0.5, 0.6) is 11.5 Å². The molecule has 1 heterocycles. The van der Waals surface area contributed by atoms with E-state index in [4.69, 9.17) is 9.47 Å². The van der Waals surface area contributed by atoms with Crippen LogP contribution in [-0.4, -0.2) is 54.4 Å². The topological polar surface area (TPSA) is 131 Å². The number of hydrogen-bond acceptors (Lipinski definition) is 7. The first-order valence-electron chi connectivity index (χ1n) is 12.7. The van der Waals surface area contributed by atoms with Gasteiger partial charge in [0.25, 0.3) is 15.9 Å². The zero-order valence-corrected chi connectivity index (χ0v) is 24.4. The molecule has 12 heteroatoms. The first kappa shape index (κ1) is 29.4. The maximum Gasteiger partial charge on any atom is 0.262 e. The van der Waals surface area contributed by atoms with Crippen LogP contribution in [0.4, 0.5) is 11.4 Å². The number of carbonyl (C=O) groups excluding carboxylic acids is 1. The Kier molecular flexibility index (Phi) is 8.71. The molecule has 0 spiro atoms. The summed E-state index contributed by atoms with van der Waals surface area (Å²) in [4.78, 5) is 13.1. The molecular formula is C28H33N3O7S2. The number of amides is 1. The average Bonchev–Trinajstić information content (AvgIpc) is 2.93. The van der Waals surface area contributed by atoms with Gasteiger partial charge in [0.05, 0.1) is 29.7 Å². The van der Waals surface area contributed by atoms with Crippen LogP contribution in [0.25, 0.3) is 0 Å². The van der Waals surface area contributed by atoms with Gasteiger partial charge in [0.15, 0.2) is 0 Å². The third-order valence-corrected chi connectivity index (χ3v) is 10.2. The highest BCUT2D eigenvalue weighted by Crippen LogP contribution is 2.31. The lowest BCUT2D eigenvalue weighted by molar-refractivity contribution is 0.102. The minimum absolute atomic E-state index is 0.0245. The van der Waals surface area contributed by atoms with Crippen LogP contribution >= 0.6 is 0 Å². The summed E-state index contributed by atoms with van der Waals surface area (Å²) < 4.78 is 66.7. The fourth-order valence-electron chi connectivity index (χ4n) is 4.38. The van der Waals surface area contributed by atoms with Crippen LogP contribution < -0.4 is 19.5 Å². The Balaban J connectivity index is 1.49. The molecule has 0 radical (unpaired) electrons. The predicted octanol–water partition coefficient (Wildman–Crippen LogP) is 4.49. The van der Waals surface area contributed by atoms with Crippen molar-refractivity contribution in [1.82, 2.24) is 4.31 Å². The highest BCUT2D eigenvalue weighted by Gasteiger charge is 2.29. The lowest BCUT2D eigenvalue weighted by Gasteiger charge is -2.29. The molecule has 0 unspecified atom stereocenters. The molecule has 1 amide bonds. The summed E-state index contributed by atoms with van der Waals surface area (Å²) in [6.07, 6.45) is 1.60. The highest BCUT2D eigenvalue weighted by molar-refractivity contribution is 7.92. The molecule has 214 valence electrons. The summed E-state index contributed by atoms with van der Waals surface area (Å²) in [5.74, 6) is 0.785. The summed E-state index contributed by atoms with van der Waals surface area (Å²) in [7, 11) is -4.77. The van der Waals surface area contributed by atoms with Gasteiger partial charge in [-0.15, -0.1) is 0 Å². The van der Waals surface area contributed by atoms with Gasteiger partial charge in [-0.2, -0.15) is 4.31 Å². The molecule has 0 aromatic heterocycles. The molecule has 1 saturated heterocycles. The van der Waals surface area contributed by atoms with Crippen LogP contribution in [-0.2, 0) is 20.0 Å². The number of piperidine rings is 1. The van der Waals surface area contributed by atoms with E-state index in [1.165, 1.54) is 61.0 Å². The number of rotatable bonds is 9. The van der Waals surface area contributed by atoms with Crippen molar-refractivity contribution >= 4 is 37.3 Å². The number of methoxy groups -OCH3 is 2. The number of nitrogens with zero attached hydrogens (tertiary/aromatic N) is 1. The first-order chi connectivity index (χ1) is 18.9. The first-order valence-corrected chi connectivity index (χ1v) is 15.6. The van der Waals surface area contributed by atoms with E-state index >= 15 is 0 Å². The van der Waals surface area contributed by atoms with Crippen molar-refractivity contribution in [2.45, 2.75) is 36.5 Å². The molecule has 1 fully saturated rings. The molecule has 2 N–H and O–H groups in total. The van der Waals surface area contributed by atoms with Gasteiger partial charge in [0.1, 0.15) is 11.5 Å². The SMILES string of the molecule is COc1ccc(NS(=O)(=O)c2ccc(NC(=O)c3cc(S(=O)(=O)N4CCC(C)CC4)ccc3C)cc2)c(OC)c1. The molecule has 3 aromatic rings. The van der Waals surface area contributed by atoms with E-state index in [0.717, 1.165) is 12.8 Å². The summed E-state index contributed by atoms with van der Waals surface area (Å²) >= 11 is 0. The van der Waals surface area contributed by atoms with Crippen LogP contribution in [0.15, 0.2) is 70.5 Å². The third kappa shape index (κ3) is 6.40. The van der Waals surface area contributed by atoms with Crippen molar-refractivity contribution in [3.05, 3.63) is 71.8 Å². The molecule has 0 atom stereocenters. The van der Waals surface area contributed by atoms with Crippen LogP contribution in [0.1, 0.15) is 35.7 Å². The van der Waals surface area contributed by atoms with Gasteiger partial charge in [0, 0.05) is 30.4 Å². The molecular weight excluding hydrogens is 554 g/mol. The van der Waals surface area contributed by atoms with Crippen LogP contribution in [0, 0.1) is 12.8 Å². The normalized spacial score (nSPS) is 14.9. The standard InChI is InChI=1S/C28H33N3O7S2/c1-19-13-15-31(16-14-19)40(35,36)24-9-5-20(2)25(18-24)28(32)29-21-6-10-23(11-7-21)39(33,34)30-26-12-8-22(37-3)17-27(26)38-4/h5-12,17-19,30H,13-16H2,1-4H3,(H,29,32). The summed E-state index contributed by atoms with van der Waals surface area (Å²) in [5.41, 5.74) is 1.42. The number of aryl methyl sites for hydroxylation is 1. The average molecular weight is 588 g/mol. The molecule has 3 aromatic carbocycles. The molecule has 1 aliphatic rings. The fraction of sp³-hybridized carbons (Fsp3) is 0.321. The number of hydrogen-bond donors (Lipinski definition) is 2. The van der Waals surface area contributed by atoms with E-state index in [-0.39, 0.29) is 21.0 Å². The Hall–Kier alpha value is -3.61. The van der Waals surface area contributed by atoms with E-state index in [2.05, 4.69) is 17.0 Å². The Morgan fingerprint density at radius 3 is 2.15 bits per heavy atom. The van der Waals surface area contributed by atoms with Gasteiger partial charge >= 0.3 is 0 Å². The highest BCUT2D eigenvalue weighted by atomic mass is 32.2. The number of ether oxygens (including phenoxy) is 2. The Morgan fingerprint density at radius 2 is 1.52 bits per heavy atom. The Labute approximate surface area is 235 Å². The maximum absolute atomic E-state index is 13.2. The quantitative estimate of drug-likeness (QED) is 0.377. The predicted molar refractivity (Wildman–Crippen MR) is 153 cm³/mol. The Morgan fingerprint density at radius 1 is 0.875 bits per heavy atom. The molecule has 10 nitrogen and oxygen atoms in total. The number of nitrogens with one attached hydrogen (secondary N) is 2. The number of anilines is 2. The maximum atomic E-state index is 13.2. The zero-order valence-electron chi connectivity index (χ0n) is 22.8. The molecule has 0 saturated carbocycles. The van der Waals surface area contributed by atoms with Crippen molar-refractivity contribution in [1.29, 1.82) is 0 Å². The second kappa shape index (κ2) is 11.9. The van der Waals surface area contributed by atoms with Gasteiger partial charge in [-0.25, -0.2) is 16.8 Å².